The van der Waals surface area contributed by atoms with E-state index in [1.54, 1.807) is 38.1 Å². The standard InChI is InChI=1S/C23H31N3O3/c1-6-16(2)20-12-7-8-13-21(20)25-23(28)17(3)26(4)15-22(27)24-18-10-9-11-19(14-18)29-5/h7-14,16-17H,6,15H2,1-5H3,(H,24,27)(H,25,28)/t16-,17+/m0/s1. The Balaban J connectivity index is 1.96. The Morgan fingerprint density at radius 3 is 2.48 bits per heavy atom. The van der Waals surface area contributed by atoms with Crippen molar-refractivity contribution in [1.82, 2.24) is 4.90 Å². The lowest BCUT2D eigenvalue weighted by Gasteiger charge is -2.24. The normalized spacial score (nSPS) is 12.9. The highest BCUT2D eigenvalue weighted by atomic mass is 16.5. The van der Waals surface area contributed by atoms with Crippen LogP contribution < -0.4 is 15.4 Å². The number of anilines is 2. The second kappa shape index (κ2) is 10.6. The van der Waals surface area contributed by atoms with Crippen molar-refractivity contribution >= 4 is 23.2 Å². The monoisotopic (exact) mass is 397 g/mol. The van der Waals surface area contributed by atoms with Gasteiger partial charge in [-0.15, -0.1) is 0 Å². The number of methoxy groups -OCH3 is 1. The van der Waals surface area contributed by atoms with Crippen molar-refractivity contribution in [2.24, 2.45) is 0 Å². The van der Waals surface area contributed by atoms with Crippen LogP contribution in [-0.2, 0) is 9.59 Å². The van der Waals surface area contributed by atoms with Gasteiger partial charge in [-0.25, -0.2) is 0 Å². The quantitative estimate of drug-likeness (QED) is 0.668. The Labute approximate surface area is 173 Å². The van der Waals surface area contributed by atoms with Gasteiger partial charge in [0.1, 0.15) is 5.75 Å². The van der Waals surface area contributed by atoms with Crippen LogP contribution in [0.5, 0.6) is 5.75 Å². The fourth-order valence-corrected chi connectivity index (χ4v) is 2.96. The lowest BCUT2D eigenvalue weighted by atomic mass is 9.97. The number of carbonyl (C=O) groups is 2. The van der Waals surface area contributed by atoms with Crippen LogP contribution in [0, 0.1) is 0 Å². The highest BCUT2D eigenvalue weighted by Crippen LogP contribution is 2.26. The zero-order valence-corrected chi connectivity index (χ0v) is 17.9. The minimum atomic E-state index is -0.462. The summed E-state index contributed by atoms with van der Waals surface area (Å²) in [6.45, 7) is 6.16. The molecule has 0 saturated heterocycles. The number of hydrogen-bond acceptors (Lipinski definition) is 4. The van der Waals surface area contributed by atoms with Gasteiger partial charge in [0.15, 0.2) is 0 Å². The lowest BCUT2D eigenvalue weighted by molar-refractivity contribution is -0.122. The number of hydrogen-bond donors (Lipinski definition) is 2. The summed E-state index contributed by atoms with van der Waals surface area (Å²) in [5.74, 6) is 0.690. The highest BCUT2D eigenvalue weighted by molar-refractivity contribution is 5.96. The van der Waals surface area contributed by atoms with Gasteiger partial charge in [0, 0.05) is 17.4 Å². The van der Waals surface area contributed by atoms with Crippen LogP contribution in [-0.4, -0.2) is 43.5 Å². The fourth-order valence-electron chi connectivity index (χ4n) is 2.96. The maximum absolute atomic E-state index is 12.7. The van der Waals surface area contributed by atoms with Crippen LogP contribution >= 0.6 is 0 Å². The van der Waals surface area contributed by atoms with Gasteiger partial charge in [0.25, 0.3) is 0 Å². The first-order valence-corrected chi connectivity index (χ1v) is 9.89. The van der Waals surface area contributed by atoms with Crippen LogP contribution in [0.25, 0.3) is 0 Å². The van der Waals surface area contributed by atoms with Crippen molar-refractivity contribution < 1.29 is 14.3 Å². The predicted octanol–water partition coefficient (Wildman–Crippen LogP) is 4.11. The summed E-state index contributed by atoms with van der Waals surface area (Å²) >= 11 is 0. The molecule has 156 valence electrons. The third-order valence-electron chi connectivity index (χ3n) is 5.15. The minimum absolute atomic E-state index is 0.0960. The van der Waals surface area contributed by atoms with Crippen molar-refractivity contribution in [1.29, 1.82) is 0 Å². The first-order chi connectivity index (χ1) is 13.8. The van der Waals surface area contributed by atoms with Gasteiger partial charge in [-0.05, 0) is 50.1 Å². The molecular formula is C23H31N3O3. The molecule has 0 bridgehead atoms. The minimum Gasteiger partial charge on any atom is -0.497 e. The van der Waals surface area contributed by atoms with Gasteiger partial charge >= 0.3 is 0 Å². The topological polar surface area (TPSA) is 70.7 Å². The number of rotatable bonds is 9. The van der Waals surface area contributed by atoms with E-state index in [4.69, 9.17) is 4.74 Å². The number of likely N-dealkylation sites (N-methyl/N-ethyl adjacent to an activating group) is 1. The summed E-state index contributed by atoms with van der Waals surface area (Å²) in [6, 6.07) is 14.6. The van der Waals surface area contributed by atoms with Crippen molar-refractivity contribution in [3.05, 3.63) is 54.1 Å². The van der Waals surface area contributed by atoms with Crippen LogP contribution in [0.3, 0.4) is 0 Å². The number of benzene rings is 2. The van der Waals surface area contributed by atoms with Gasteiger partial charge in [-0.3, -0.25) is 14.5 Å². The molecule has 0 unspecified atom stereocenters. The third-order valence-corrected chi connectivity index (χ3v) is 5.15. The Morgan fingerprint density at radius 2 is 1.79 bits per heavy atom. The zero-order chi connectivity index (χ0) is 21.4. The third kappa shape index (κ3) is 6.32. The molecule has 6 nitrogen and oxygen atoms in total. The number of nitrogens with zero attached hydrogens (tertiary/aromatic N) is 1. The van der Waals surface area contributed by atoms with Gasteiger partial charge in [0.05, 0.1) is 19.7 Å². The molecule has 2 aromatic rings. The smallest absolute Gasteiger partial charge is 0.241 e. The van der Waals surface area contributed by atoms with Crippen molar-refractivity contribution in [2.75, 3.05) is 31.3 Å². The molecule has 2 atom stereocenters. The zero-order valence-electron chi connectivity index (χ0n) is 17.9. The first kappa shape index (κ1) is 22.4. The average Bonchev–Trinajstić information content (AvgIpc) is 2.72. The van der Waals surface area contributed by atoms with E-state index in [0.717, 1.165) is 17.7 Å². The van der Waals surface area contributed by atoms with Crippen molar-refractivity contribution in [2.45, 2.75) is 39.2 Å². The molecular weight excluding hydrogens is 366 g/mol. The molecule has 0 aliphatic carbocycles. The van der Waals surface area contributed by atoms with Crippen LogP contribution in [0.4, 0.5) is 11.4 Å². The maximum atomic E-state index is 12.7. The first-order valence-electron chi connectivity index (χ1n) is 9.89. The molecule has 2 N–H and O–H groups in total. The van der Waals surface area contributed by atoms with E-state index in [0.29, 0.717) is 17.4 Å². The lowest BCUT2D eigenvalue weighted by Crippen LogP contribution is -2.43. The Kier molecular flexibility index (Phi) is 8.21. The van der Waals surface area contributed by atoms with E-state index < -0.39 is 6.04 Å². The number of para-hydroxylation sites is 1. The molecule has 0 saturated carbocycles. The van der Waals surface area contributed by atoms with E-state index >= 15 is 0 Å². The van der Waals surface area contributed by atoms with Crippen LogP contribution in [0.2, 0.25) is 0 Å². The van der Waals surface area contributed by atoms with E-state index in [1.807, 2.05) is 36.4 Å². The summed E-state index contributed by atoms with van der Waals surface area (Å²) in [6.07, 6.45) is 0.993. The summed E-state index contributed by atoms with van der Waals surface area (Å²) in [7, 11) is 3.34. The molecule has 6 heteroatoms. The molecule has 2 rings (SSSR count). The summed E-state index contributed by atoms with van der Waals surface area (Å²) < 4.78 is 5.16. The molecule has 2 aromatic carbocycles. The Morgan fingerprint density at radius 1 is 1.07 bits per heavy atom. The van der Waals surface area contributed by atoms with Crippen molar-refractivity contribution in [3.63, 3.8) is 0 Å². The van der Waals surface area contributed by atoms with Crippen molar-refractivity contribution in [3.8, 4) is 5.75 Å². The highest BCUT2D eigenvalue weighted by Gasteiger charge is 2.21. The summed E-state index contributed by atoms with van der Waals surface area (Å²) in [5, 5.41) is 5.85. The Hall–Kier alpha value is -2.86. The number of carbonyl (C=O) groups excluding carboxylic acids is 2. The van der Waals surface area contributed by atoms with E-state index in [1.165, 1.54) is 0 Å². The maximum Gasteiger partial charge on any atom is 0.241 e. The Bertz CT molecular complexity index is 838. The molecule has 2 amide bonds. The van der Waals surface area contributed by atoms with Gasteiger partial charge in [-0.1, -0.05) is 38.1 Å². The fraction of sp³-hybridized carbons (Fsp3) is 0.391. The van der Waals surface area contributed by atoms with Gasteiger partial charge in [0.2, 0.25) is 11.8 Å². The summed E-state index contributed by atoms with van der Waals surface area (Å²) in [4.78, 5) is 26.8. The SMILES string of the molecule is CC[C@H](C)c1ccccc1NC(=O)[C@@H](C)N(C)CC(=O)Nc1cccc(OC)c1. The van der Waals surface area contributed by atoms with Crippen LogP contribution in [0.15, 0.2) is 48.5 Å². The number of amides is 2. The van der Waals surface area contributed by atoms with E-state index in [-0.39, 0.29) is 18.4 Å². The molecule has 0 aliphatic rings. The molecule has 0 spiro atoms. The molecule has 0 aromatic heterocycles. The molecule has 0 radical (unpaired) electrons. The summed E-state index contributed by atoms with van der Waals surface area (Å²) in [5.41, 5.74) is 2.60. The predicted molar refractivity (Wildman–Crippen MR) is 117 cm³/mol. The second-order valence-corrected chi connectivity index (χ2v) is 7.26. The largest absolute Gasteiger partial charge is 0.497 e. The van der Waals surface area contributed by atoms with Gasteiger partial charge in [-0.2, -0.15) is 0 Å². The molecule has 29 heavy (non-hydrogen) atoms. The second-order valence-electron chi connectivity index (χ2n) is 7.26. The average molecular weight is 398 g/mol. The number of nitrogens with one attached hydrogen (secondary N) is 2. The van der Waals surface area contributed by atoms with E-state index in [2.05, 4.69) is 24.5 Å². The van der Waals surface area contributed by atoms with Crippen LogP contribution in [0.1, 0.15) is 38.7 Å². The van der Waals surface area contributed by atoms with Gasteiger partial charge < -0.3 is 15.4 Å². The van der Waals surface area contributed by atoms with E-state index in [9.17, 15) is 9.59 Å². The molecule has 0 heterocycles. The molecule has 0 aliphatic heterocycles. The molecule has 0 fully saturated rings. The number of ether oxygens (including phenoxy) is 1.